The predicted molar refractivity (Wildman–Crippen MR) is 71.9 cm³/mol. The molecule has 0 spiro atoms. The average Bonchev–Trinajstić information content (AvgIpc) is 2.70. The van der Waals surface area contributed by atoms with Gasteiger partial charge >= 0.3 is 5.97 Å². The number of hydrogen-bond donors (Lipinski definition) is 3. The number of carbonyl (C=O) groups excluding carboxylic acids is 1. The summed E-state index contributed by atoms with van der Waals surface area (Å²) in [6.07, 6.45) is 2.36. The molecule has 4 N–H and O–H groups in total. The summed E-state index contributed by atoms with van der Waals surface area (Å²) >= 11 is 0. The zero-order chi connectivity index (χ0) is 14.9. The second kappa shape index (κ2) is 5.20. The van der Waals surface area contributed by atoms with Crippen LogP contribution in [0.2, 0.25) is 0 Å². The molecule has 1 fully saturated rings. The molecule has 108 valence electrons. The number of carbonyl (C=O) groups is 2. The van der Waals surface area contributed by atoms with Gasteiger partial charge in [-0.2, -0.15) is 0 Å². The number of aromatic carboxylic acids is 1. The van der Waals surface area contributed by atoms with E-state index in [9.17, 15) is 14.0 Å². The largest absolute Gasteiger partial charge is 0.478 e. The van der Waals surface area contributed by atoms with Gasteiger partial charge in [-0.1, -0.05) is 6.42 Å². The van der Waals surface area contributed by atoms with Crippen LogP contribution in [0.4, 0.5) is 10.1 Å². The molecule has 5 nitrogen and oxygen atoms in total. The van der Waals surface area contributed by atoms with Gasteiger partial charge in [-0.25, -0.2) is 9.18 Å². The Labute approximate surface area is 116 Å². The van der Waals surface area contributed by atoms with Crippen molar-refractivity contribution in [2.45, 2.75) is 32.2 Å². The van der Waals surface area contributed by atoms with Gasteiger partial charge in [-0.05, 0) is 38.0 Å². The number of anilines is 1. The fourth-order valence-electron chi connectivity index (χ4n) is 2.52. The van der Waals surface area contributed by atoms with E-state index in [4.69, 9.17) is 10.8 Å². The molecule has 1 aliphatic rings. The maximum absolute atomic E-state index is 13.5. The zero-order valence-electron chi connectivity index (χ0n) is 11.1. The fourth-order valence-corrected chi connectivity index (χ4v) is 2.52. The number of carboxylic acid groups (broad SMARTS) is 1. The topological polar surface area (TPSA) is 92.4 Å². The van der Waals surface area contributed by atoms with E-state index in [2.05, 4.69) is 5.32 Å². The van der Waals surface area contributed by atoms with Crippen LogP contribution in [-0.2, 0) is 4.79 Å². The van der Waals surface area contributed by atoms with Crippen molar-refractivity contribution in [2.75, 3.05) is 5.32 Å². The van der Waals surface area contributed by atoms with Gasteiger partial charge in [0.15, 0.2) is 0 Å². The van der Waals surface area contributed by atoms with Crippen LogP contribution in [0.15, 0.2) is 18.2 Å². The van der Waals surface area contributed by atoms with Gasteiger partial charge in [-0.3, -0.25) is 4.79 Å². The zero-order valence-corrected chi connectivity index (χ0v) is 11.1. The summed E-state index contributed by atoms with van der Waals surface area (Å²) in [7, 11) is 0. The number of rotatable bonds is 3. The molecule has 1 aromatic carbocycles. The van der Waals surface area contributed by atoms with E-state index >= 15 is 0 Å². The molecular weight excluding hydrogens is 263 g/mol. The van der Waals surface area contributed by atoms with Gasteiger partial charge in [0.25, 0.3) is 0 Å². The van der Waals surface area contributed by atoms with Crippen molar-refractivity contribution < 1.29 is 19.1 Å². The van der Waals surface area contributed by atoms with Crippen LogP contribution < -0.4 is 11.1 Å². The second-order valence-corrected chi connectivity index (χ2v) is 5.37. The standard InChI is InChI=1S/C14H17FN2O3/c1-14(6-2-3-11(14)16)13(20)17-8-4-5-9(12(18)19)10(15)7-8/h4-5,7,11H,2-3,6,16H2,1H3,(H,17,20)(H,18,19). The SMILES string of the molecule is CC1(C(=O)Nc2ccc(C(=O)O)c(F)c2)CCCC1N. The molecule has 0 heterocycles. The van der Waals surface area contributed by atoms with E-state index in [1.165, 1.54) is 6.07 Å². The lowest BCUT2D eigenvalue weighted by Gasteiger charge is -2.27. The first-order valence-corrected chi connectivity index (χ1v) is 6.44. The Kier molecular flexibility index (Phi) is 3.76. The maximum atomic E-state index is 13.5. The van der Waals surface area contributed by atoms with Crippen molar-refractivity contribution in [2.24, 2.45) is 11.1 Å². The van der Waals surface area contributed by atoms with Crippen LogP contribution in [0, 0.1) is 11.2 Å². The third-order valence-corrected chi connectivity index (χ3v) is 4.01. The van der Waals surface area contributed by atoms with Gasteiger partial charge in [0.1, 0.15) is 5.82 Å². The summed E-state index contributed by atoms with van der Waals surface area (Å²) in [6.45, 7) is 1.79. The van der Waals surface area contributed by atoms with Crippen molar-refractivity contribution in [3.8, 4) is 0 Å². The number of halogens is 1. The molecule has 2 rings (SSSR count). The Morgan fingerprint density at radius 1 is 1.50 bits per heavy atom. The smallest absolute Gasteiger partial charge is 0.338 e. The number of nitrogens with one attached hydrogen (secondary N) is 1. The average molecular weight is 280 g/mol. The molecular formula is C14H17FN2O3. The second-order valence-electron chi connectivity index (χ2n) is 5.37. The highest BCUT2D eigenvalue weighted by Crippen LogP contribution is 2.37. The molecule has 1 aromatic rings. The first-order valence-electron chi connectivity index (χ1n) is 6.44. The van der Waals surface area contributed by atoms with Gasteiger partial charge < -0.3 is 16.2 Å². The van der Waals surface area contributed by atoms with Crippen molar-refractivity contribution in [3.63, 3.8) is 0 Å². The fraction of sp³-hybridized carbons (Fsp3) is 0.429. The summed E-state index contributed by atoms with van der Waals surface area (Å²) < 4.78 is 13.5. The molecule has 6 heteroatoms. The van der Waals surface area contributed by atoms with E-state index in [0.717, 1.165) is 25.0 Å². The molecule has 0 saturated heterocycles. The lowest BCUT2D eigenvalue weighted by Crippen LogP contribution is -2.44. The van der Waals surface area contributed by atoms with E-state index in [1.807, 2.05) is 0 Å². The van der Waals surface area contributed by atoms with E-state index in [0.29, 0.717) is 6.42 Å². The van der Waals surface area contributed by atoms with E-state index in [1.54, 1.807) is 6.92 Å². The third-order valence-electron chi connectivity index (χ3n) is 4.01. The highest BCUT2D eigenvalue weighted by atomic mass is 19.1. The van der Waals surface area contributed by atoms with Crippen LogP contribution in [0.1, 0.15) is 36.5 Å². The molecule has 0 aliphatic heterocycles. The van der Waals surface area contributed by atoms with Gasteiger partial charge in [-0.15, -0.1) is 0 Å². The van der Waals surface area contributed by atoms with Crippen molar-refractivity contribution in [1.82, 2.24) is 0 Å². The maximum Gasteiger partial charge on any atom is 0.338 e. The molecule has 1 amide bonds. The number of benzene rings is 1. The monoisotopic (exact) mass is 280 g/mol. The summed E-state index contributed by atoms with van der Waals surface area (Å²) in [6, 6.07) is 3.29. The quantitative estimate of drug-likeness (QED) is 0.789. The summed E-state index contributed by atoms with van der Waals surface area (Å²) in [5.74, 6) is -2.48. The molecule has 2 unspecified atom stereocenters. The number of carboxylic acids is 1. The summed E-state index contributed by atoms with van der Waals surface area (Å²) in [5.41, 5.74) is 5.09. The lowest BCUT2D eigenvalue weighted by molar-refractivity contribution is -0.125. The van der Waals surface area contributed by atoms with E-state index in [-0.39, 0.29) is 17.6 Å². The first kappa shape index (κ1) is 14.5. The van der Waals surface area contributed by atoms with Crippen LogP contribution in [0.5, 0.6) is 0 Å². The summed E-state index contributed by atoms with van der Waals surface area (Å²) in [5, 5.41) is 11.4. The third kappa shape index (κ3) is 2.51. The van der Waals surface area contributed by atoms with Gasteiger partial charge in [0.05, 0.1) is 11.0 Å². The molecule has 1 aliphatic carbocycles. The van der Waals surface area contributed by atoms with Crippen molar-refractivity contribution >= 4 is 17.6 Å². The normalized spacial score (nSPS) is 25.4. The molecule has 0 aromatic heterocycles. The van der Waals surface area contributed by atoms with Crippen molar-refractivity contribution in [1.29, 1.82) is 0 Å². The Bertz CT molecular complexity index is 561. The van der Waals surface area contributed by atoms with Gasteiger partial charge in [0, 0.05) is 11.7 Å². The minimum absolute atomic E-state index is 0.217. The van der Waals surface area contributed by atoms with Crippen LogP contribution in [0.25, 0.3) is 0 Å². The number of amides is 1. The molecule has 0 bridgehead atoms. The van der Waals surface area contributed by atoms with Crippen LogP contribution in [0.3, 0.4) is 0 Å². The Morgan fingerprint density at radius 2 is 2.20 bits per heavy atom. The molecule has 2 atom stereocenters. The van der Waals surface area contributed by atoms with Gasteiger partial charge in [0.2, 0.25) is 5.91 Å². The highest BCUT2D eigenvalue weighted by Gasteiger charge is 2.42. The molecule has 1 saturated carbocycles. The van der Waals surface area contributed by atoms with Crippen molar-refractivity contribution in [3.05, 3.63) is 29.6 Å². The van der Waals surface area contributed by atoms with Crippen LogP contribution >= 0.6 is 0 Å². The van der Waals surface area contributed by atoms with Crippen LogP contribution in [-0.4, -0.2) is 23.0 Å². The van der Waals surface area contributed by atoms with E-state index < -0.39 is 22.8 Å². The summed E-state index contributed by atoms with van der Waals surface area (Å²) in [4.78, 5) is 23.0. The lowest BCUT2D eigenvalue weighted by atomic mass is 9.84. The Hall–Kier alpha value is -1.95. The Morgan fingerprint density at radius 3 is 2.70 bits per heavy atom. The predicted octanol–water partition coefficient (Wildman–Crippen LogP) is 1.98. The minimum Gasteiger partial charge on any atom is -0.478 e. The molecule has 0 radical (unpaired) electrons. The Balaban J connectivity index is 2.16. The minimum atomic E-state index is -1.34. The highest BCUT2D eigenvalue weighted by molar-refractivity contribution is 5.96. The molecule has 20 heavy (non-hydrogen) atoms. The first-order chi connectivity index (χ1) is 9.34. The number of nitrogens with two attached hydrogens (primary N) is 1. The number of hydrogen-bond acceptors (Lipinski definition) is 3.